The summed E-state index contributed by atoms with van der Waals surface area (Å²) in [6, 6.07) is 26.7. The molecule has 0 spiro atoms. The highest BCUT2D eigenvalue weighted by Crippen LogP contribution is 2.27. The van der Waals surface area contributed by atoms with Gasteiger partial charge in [0, 0.05) is 11.3 Å². The monoisotopic (exact) mass is 453 g/mol. The average molecular weight is 454 g/mol. The molecule has 5 nitrogen and oxygen atoms in total. The number of carbonyl (C=O) groups is 1. The maximum absolute atomic E-state index is 12.8. The van der Waals surface area contributed by atoms with Gasteiger partial charge in [0.05, 0.1) is 11.8 Å². The first-order chi connectivity index (χ1) is 16.0. The first-order valence-electron chi connectivity index (χ1n) is 10.5. The molecule has 0 heterocycles. The van der Waals surface area contributed by atoms with Crippen LogP contribution in [0.1, 0.15) is 27.0 Å². The van der Waals surface area contributed by atoms with Crippen LogP contribution < -0.4 is 15.5 Å². The minimum absolute atomic E-state index is 0.357. The van der Waals surface area contributed by atoms with E-state index < -0.39 is 5.97 Å². The average Bonchev–Trinajstić information content (AvgIpc) is 2.80. The smallest absolute Gasteiger partial charge is 0.343 e. The van der Waals surface area contributed by atoms with Crippen LogP contribution in [0.4, 0.5) is 5.69 Å². The Morgan fingerprint density at radius 1 is 0.909 bits per heavy atom. The van der Waals surface area contributed by atoms with Gasteiger partial charge in [-0.3, -0.25) is 5.43 Å². The third kappa shape index (κ3) is 5.61. The Morgan fingerprint density at radius 3 is 2.45 bits per heavy atom. The lowest BCUT2D eigenvalue weighted by atomic mass is 10.0. The first kappa shape index (κ1) is 22.2. The van der Waals surface area contributed by atoms with E-state index in [9.17, 15) is 4.79 Å². The molecule has 2 N–H and O–H groups in total. The van der Waals surface area contributed by atoms with E-state index in [0.717, 1.165) is 27.6 Å². The summed E-state index contributed by atoms with van der Waals surface area (Å²) in [4.78, 5) is 12.8. The molecule has 0 atom stereocenters. The van der Waals surface area contributed by atoms with Gasteiger partial charge in [0.1, 0.15) is 5.75 Å². The lowest BCUT2D eigenvalue weighted by Gasteiger charge is -2.11. The van der Waals surface area contributed by atoms with E-state index in [2.05, 4.69) is 15.8 Å². The number of carbonyl (C=O) groups excluding carboxylic acids is 1. The number of esters is 1. The van der Waals surface area contributed by atoms with E-state index in [-0.39, 0.29) is 0 Å². The highest BCUT2D eigenvalue weighted by atomic mass is 32.1. The maximum Gasteiger partial charge on any atom is 0.343 e. The SMILES string of the molecule is Cc1cccc(NC(=S)NN=Cc2c(OC(=O)c3cccc(C)c3)ccc3ccccc23)c1. The summed E-state index contributed by atoms with van der Waals surface area (Å²) >= 11 is 5.35. The van der Waals surface area contributed by atoms with Crippen LogP contribution >= 0.6 is 12.2 Å². The molecular formula is C27H23N3O2S. The summed E-state index contributed by atoms with van der Waals surface area (Å²) in [6.07, 6.45) is 1.62. The molecule has 0 aliphatic rings. The van der Waals surface area contributed by atoms with Crippen molar-refractivity contribution in [2.75, 3.05) is 5.32 Å². The van der Waals surface area contributed by atoms with Gasteiger partial charge in [-0.05, 0) is 72.7 Å². The molecule has 0 radical (unpaired) electrons. The van der Waals surface area contributed by atoms with Crippen LogP contribution in [-0.2, 0) is 0 Å². The van der Waals surface area contributed by atoms with E-state index in [1.807, 2.05) is 80.6 Å². The van der Waals surface area contributed by atoms with Gasteiger partial charge in [0.2, 0.25) is 0 Å². The zero-order chi connectivity index (χ0) is 23.2. The molecule has 0 amide bonds. The van der Waals surface area contributed by atoms with Crippen molar-refractivity contribution in [3.05, 3.63) is 107 Å². The zero-order valence-corrected chi connectivity index (χ0v) is 19.1. The third-order valence-electron chi connectivity index (χ3n) is 5.02. The summed E-state index contributed by atoms with van der Waals surface area (Å²) in [7, 11) is 0. The Hall–Kier alpha value is -4.03. The molecule has 0 saturated carbocycles. The van der Waals surface area contributed by atoms with Crippen molar-refractivity contribution in [1.82, 2.24) is 5.43 Å². The minimum atomic E-state index is -0.423. The van der Waals surface area contributed by atoms with E-state index in [1.54, 1.807) is 24.4 Å². The van der Waals surface area contributed by atoms with E-state index in [4.69, 9.17) is 17.0 Å². The predicted molar refractivity (Wildman–Crippen MR) is 138 cm³/mol. The summed E-state index contributed by atoms with van der Waals surface area (Å²) in [5.74, 6) is -0.00320. The number of anilines is 1. The topological polar surface area (TPSA) is 62.7 Å². The van der Waals surface area contributed by atoms with Crippen LogP contribution in [0.25, 0.3) is 10.8 Å². The van der Waals surface area contributed by atoms with Gasteiger partial charge in [-0.15, -0.1) is 0 Å². The number of aryl methyl sites for hydroxylation is 2. The molecule has 0 unspecified atom stereocenters. The molecule has 0 aliphatic carbocycles. The molecule has 6 heteroatoms. The molecule has 4 aromatic rings. The van der Waals surface area contributed by atoms with Gasteiger partial charge < -0.3 is 10.1 Å². The fourth-order valence-corrected chi connectivity index (χ4v) is 3.64. The molecule has 4 rings (SSSR count). The van der Waals surface area contributed by atoms with Gasteiger partial charge in [-0.25, -0.2) is 4.79 Å². The Balaban J connectivity index is 1.57. The molecule has 4 aromatic carbocycles. The van der Waals surface area contributed by atoms with Crippen molar-refractivity contribution in [3.63, 3.8) is 0 Å². The van der Waals surface area contributed by atoms with Crippen LogP contribution in [-0.4, -0.2) is 17.3 Å². The number of benzene rings is 4. The number of hydrogen-bond acceptors (Lipinski definition) is 4. The predicted octanol–water partition coefficient (Wildman–Crippen LogP) is 6.00. The Morgan fingerprint density at radius 2 is 1.67 bits per heavy atom. The van der Waals surface area contributed by atoms with Gasteiger partial charge in [0.15, 0.2) is 5.11 Å². The second-order valence-electron chi connectivity index (χ2n) is 7.65. The van der Waals surface area contributed by atoms with Gasteiger partial charge >= 0.3 is 5.97 Å². The number of hydrazone groups is 1. The molecule has 0 bridgehead atoms. The number of thiocarbonyl (C=S) groups is 1. The van der Waals surface area contributed by atoms with Crippen LogP contribution in [0.3, 0.4) is 0 Å². The van der Waals surface area contributed by atoms with Crippen molar-refractivity contribution in [2.45, 2.75) is 13.8 Å². The summed E-state index contributed by atoms with van der Waals surface area (Å²) in [5, 5.41) is 9.67. The molecule has 0 fully saturated rings. The molecule has 164 valence electrons. The van der Waals surface area contributed by atoms with E-state index in [1.165, 1.54) is 0 Å². The van der Waals surface area contributed by atoms with Crippen molar-refractivity contribution in [3.8, 4) is 5.75 Å². The zero-order valence-electron chi connectivity index (χ0n) is 18.3. The lowest BCUT2D eigenvalue weighted by molar-refractivity contribution is 0.0734. The summed E-state index contributed by atoms with van der Waals surface area (Å²) in [5.41, 5.74) is 7.00. The standard InChI is InChI=1S/C27H23N3O2S/c1-18-7-5-10-21(15-18)26(31)32-25-14-13-20-9-3-4-12-23(20)24(25)17-28-30-27(33)29-22-11-6-8-19(2)16-22/h3-17H,1-2H3,(H2,29,30,33). The fourth-order valence-electron chi connectivity index (χ4n) is 3.47. The van der Waals surface area contributed by atoms with Crippen molar-refractivity contribution in [1.29, 1.82) is 0 Å². The van der Waals surface area contributed by atoms with E-state index >= 15 is 0 Å². The molecule has 0 aliphatic heterocycles. The van der Waals surface area contributed by atoms with Crippen LogP contribution in [0.5, 0.6) is 5.75 Å². The van der Waals surface area contributed by atoms with Crippen molar-refractivity contribution < 1.29 is 9.53 Å². The normalized spacial score (nSPS) is 10.8. The van der Waals surface area contributed by atoms with Crippen LogP contribution in [0.15, 0.2) is 90.0 Å². The van der Waals surface area contributed by atoms with Crippen molar-refractivity contribution in [2.24, 2.45) is 5.10 Å². The van der Waals surface area contributed by atoms with Crippen molar-refractivity contribution >= 4 is 46.0 Å². The molecule has 0 saturated heterocycles. The Bertz CT molecular complexity index is 1360. The van der Waals surface area contributed by atoms with E-state index in [0.29, 0.717) is 22.0 Å². The number of nitrogens with zero attached hydrogens (tertiary/aromatic N) is 1. The number of hydrogen-bond donors (Lipinski definition) is 2. The second kappa shape index (κ2) is 10.1. The number of rotatable bonds is 5. The quantitative estimate of drug-likeness (QED) is 0.128. The first-order valence-corrected chi connectivity index (χ1v) is 10.9. The minimum Gasteiger partial charge on any atom is -0.422 e. The van der Waals surface area contributed by atoms with Crippen LogP contribution in [0, 0.1) is 13.8 Å². The number of ether oxygens (including phenoxy) is 1. The van der Waals surface area contributed by atoms with Gasteiger partial charge in [-0.2, -0.15) is 5.10 Å². The number of fused-ring (bicyclic) bond motifs is 1. The molecule has 33 heavy (non-hydrogen) atoms. The second-order valence-corrected chi connectivity index (χ2v) is 8.06. The van der Waals surface area contributed by atoms with Gasteiger partial charge in [0.25, 0.3) is 0 Å². The lowest BCUT2D eigenvalue weighted by Crippen LogP contribution is -2.23. The van der Waals surface area contributed by atoms with Gasteiger partial charge in [-0.1, -0.05) is 60.2 Å². The maximum atomic E-state index is 12.8. The highest BCUT2D eigenvalue weighted by molar-refractivity contribution is 7.80. The Kier molecular flexibility index (Phi) is 6.76. The summed E-state index contributed by atoms with van der Waals surface area (Å²) in [6.45, 7) is 3.95. The fraction of sp³-hybridized carbons (Fsp3) is 0.0741. The van der Waals surface area contributed by atoms with Crippen LogP contribution in [0.2, 0.25) is 0 Å². The summed E-state index contributed by atoms with van der Waals surface area (Å²) < 4.78 is 5.75. The highest BCUT2D eigenvalue weighted by Gasteiger charge is 2.13. The largest absolute Gasteiger partial charge is 0.422 e. The Labute approximate surface area is 198 Å². The third-order valence-corrected chi connectivity index (χ3v) is 5.22. The number of nitrogens with one attached hydrogen (secondary N) is 2. The molecular weight excluding hydrogens is 430 g/mol. The molecule has 0 aromatic heterocycles.